The summed E-state index contributed by atoms with van der Waals surface area (Å²) in [7, 11) is 1.36. The van der Waals surface area contributed by atoms with Crippen LogP contribution in [0.1, 0.15) is 34.8 Å². The lowest BCUT2D eigenvalue weighted by Crippen LogP contribution is -2.08. The number of hydrogen-bond donors (Lipinski definition) is 0. The molecular formula is C14H17ClO4. The summed E-state index contributed by atoms with van der Waals surface area (Å²) in [5.74, 6) is -0.417. The molecule has 0 aliphatic rings. The molecule has 0 bridgehead atoms. The van der Waals surface area contributed by atoms with E-state index in [2.05, 4.69) is 4.74 Å². The lowest BCUT2D eigenvalue weighted by Gasteiger charge is -2.09. The molecule has 0 aliphatic heterocycles. The minimum atomic E-state index is -0.377. The van der Waals surface area contributed by atoms with E-state index in [1.54, 1.807) is 19.1 Å². The number of benzene rings is 1. The quantitative estimate of drug-likeness (QED) is 0.595. The highest BCUT2D eigenvalue weighted by Crippen LogP contribution is 2.17. The Bertz CT molecular complexity index is 457. The van der Waals surface area contributed by atoms with Crippen molar-refractivity contribution in [2.75, 3.05) is 13.7 Å². The first-order valence-corrected chi connectivity index (χ1v) is 6.57. The number of carbonyl (C=O) groups is 2. The van der Waals surface area contributed by atoms with E-state index in [0.717, 1.165) is 5.56 Å². The van der Waals surface area contributed by atoms with Gasteiger partial charge in [-0.2, -0.15) is 0 Å². The predicted octanol–water partition coefficient (Wildman–Crippen LogP) is 2.71. The fourth-order valence-electron chi connectivity index (χ4n) is 1.67. The molecule has 0 aromatic heterocycles. The first-order chi connectivity index (χ1) is 9.12. The molecule has 0 heterocycles. The highest BCUT2D eigenvalue weighted by molar-refractivity contribution is 6.17. The van der Waals surface area contributed by atoms with E-state index in [9.17, 15) is 9.59 Å². The lowest BCUT2D eigenvalue weighted by molar-refractivity contribution is -0.140. The summed E-state index contributed by atoms with van der Waals surface area (Å²) in [6.45, 7) is 2.08. The highest BCUT2D eigenvalue weighted by atomic mass is 35.5. The predicted molar refractivity (Wildman–Crippen MR) is 72.3 cm³/mol. The Hall–Kier alpha value is -1.55. The van der Waals surface area contributed by atoms with Crippen LogP contribution in [0.5, 0.6) is 0 Å². The fraction of sp³-hybridized carbons (Fsp3) is 0.429. The second kappa shape index (κ2) is 7.79. The normalized spacial score (nSPS) is 10.1. The lowest BCUT2D eigenvalue weighted by atomic mass is 10.0. The summed E-state index contributed by atoms with van der Waals surface area (Å²) in [6, 6.07) is 5.30. The maximum atomic E-state index is 11.7. The molecular weight excluding hydrogens is 268 g/mol. The molecule has 0 atom stereocenters. The van der Waals surface area contributed by atoms with Crippen LogP contribution in [0.15, 0.2) is 18.2 Å². The first-order valence-electron chi connectivity index (χ1n) is 6.04. The molecule has 0 spiro atoms. The van der Waals surface area contributed by atoms with Gasteiger partial charge in [0.1, 0.15) is 0 Å². The maximum absolute atomic E-state index is 11.7. The number of methoxy groups -OCH3 is 1. The number of hydrogen-bond acceptors (Lipinski definition) is 4. The van der Waals surface area contributed by atoms with Crippen LogP contribution < -0.4 is 0 Å². The van der Waals surface area contributed by atoms with Gasteiger partial charge in [0.05, 0.1) is 19.3 Å². The Morgan fingerprint density at radius 1 is 1.32 bits per heavy atom. The number of esters is 2. The van der Waals surface area contributed by atoms with Crippen molar-refractivity contribution < 1.29 is 19.1 Å². The number of ether oxygens (including phenoxy) is 2. The van der Waals surface area contributed by atoms with Gasteiger partial charge in [-0.05, 0) is 30.5 Å². The third-order valence-corrected chi connectivity index (χ3v) is 2.94. The molecule has 0 radical (unpaired) electrons. The molecule has 0 saturated heterocycles. The van der Waals surface area contributed by atoms with E-state index < -0.39 is 0 Å². The molecule has 0 saturated carbocycles. The number of halogens is 1. The molecule has 19 heavy (non-hydrogen) atoms. The van der Waals surface area contributed by atoms with Gasteiger partial charge in [0.15, 0.2) is 0 Å². The van der Waals surface area contributed by atoms with Gasteiger partial charge >= 0.3 is 11.9 Å². The molecule has 4 nitrogen and oxygen atoms in total. The van der Waals surface area contributed by atoms with Crippen LogP contribution in [-0.2, 0) is 26.6 Å². The van der Waals surface area contributed by atoms with Gasteiger partial charge in [-0.3, -0.25) is 4.79 Å². The third-order valence-electron chi connectivity index (χ3n) is 2.65. The standard InChI is InChI=1S/C14H17ClO4/c1-3-19-14(17)12-6-4-10(8-11(12)9-15)5-7-13(16)18-2/h4,6,8H,3,5,7,9H2,1-2H3. The number of carbonyl (C=O) groups excluding carboxylic acids is 2. The summed E-state index contributed by atoms with van der Waals surface area (Å²) in [5, 5.41) is 0. The van der Waals surface area contributed by atoms with Gasteiger partial charge in [0.25, 0.3) is 0 Å². The molecule has 0 N–H and O–H groups in total. The van der Waals surface area contributed by atoms with E-state index in [1.165, 1.54) is 7.11 Å². The van der Waals surface area contributed by atoms with Gasteiger partial charge in [-0.25, -0.2) is 4.79 Å². The van der Waals surface area contributed by atoms with Crippen LogP contribution in [0.3, 0.4) is 0 Å². The summed E-state index contributed by atoms with van der Waals surface area (Å²) >= 11 is 5.84. The Labute approximate surface area is 117 Å². The van der Waals surface area contributed by atoms with Crippen LogP contribution >= 0.6 is 11.6 Å². The Morgan fingerprint density at radius 3 is 2.63 bits per heavy atom. The van der Waals surface area contributed by atoms with Crippen molar-refractivity contribution in [3.63, 3.8) is 0 Å². The number of rotatable bonds is 6. The second-order valence-corrected chi connectivity index (χ2v) is 4.19. The minimum absolute atomic E-state index is 0.222. The molecule has 0 fully saturated rings. The van der Waals surface area contributed by atoms with Crippen molar-refractivity contribution in [3.8, 4) is 0 Å². The Balaban J connectivity index is 2.83. The van der Waals surface area contributed by atoms with Crippen molar-refractivity contribution in [2.45, 2.75) is 25.6 Å². The van der Waals surface area contributed by atoms with Gasteiger partial charge in [0.2, 0.25) is 0 Å². The van der Waals surface area contributed by atoms with E-state index >= 15 is 0 Å². The number of alkyl halides is 1. The van der Waals surface area contributed by atoms with Gasteiger partial charge < -0.3 is 9.47 Å². The van der Waals surface area contributed by atoms with Crippen molar-refractivity contribution in [3.05, 3.63) is 34.9 Å². The van der Waals surface area contributed by atoms with E-state index in [4.69, 9.17) is 16.3 Å². The molecule has 1 aromatic rings. The van der Waals surface area contributed by atoms with Crippen molar-refractivity contribution in [2.24, 2.45) is 0 Å². The van der Waals surface area contributed by atoms with Crippen molar-refractivity contribution in [1.82, 2.24) is 0 Å². The van der Waals surface area contributed by atoms with Gasteiger partial charge in [-0.15, -0.1) is 11.6 Å². The summed E-state index contributed by atoms with van der Waals surface area (Å²) < 4.78 is 9.54. The molecule has 1 rings (SSSR count). The number of aryl methyl sites for hydroxylation is 1. The van der Waals surface area contributed by atoms with Crippen LogP contribution in [0, 0.1) is 0 Å². The van der Waals surface area contributed by atoms with Crippen LogP contribution in [0.4, 0.5) is 0 Å². The smallest absolute Gasteiger partial charge is 0.338 e. The molecule has 0 amide bonds. The summed E-state index contributed by atoms with van der Waals surface area (Å²) in [6.07, 6.45) is 0.858. The SMILES string of the molecule is CCOC(=O)c1ccc(CCC(=O)OC)cc1CCl. The molecule has 1 aromatic carbocycles. The fourth-order valence-corrected chi connectivity index (χ4v) is 1.89. The molecule has 104 valence electrons. The zero-order valence-corrected chi connectivity index (χ0v) is 11.8. The Morgan fingerprint density at radius 2 is 2.05 bits per heavy atom. The molecule has 5 heteroatoms. The summed E-state index contributed by atoms with van der Waals surface area (Å²) in [5.41, 5.74) is 2.12. The van der Waals surface area contributed by atoms with Crippen molar-refractivity contribution >= 4 is 23.5 Å². The average molecular weight is 285 g/mol. The van der Waals surface area contributed by atoms with Crippen LogP contribution in [-0.4, -0.2) is 25.7 Å². The zero-order valence-electron chi connectivity index (χ0n) is 11.1. The van der Waals surface area contributed by atoms with E-state index in [0.29, 0.717) is 30.6 Å². The van der Waals surface area contributed by atoms with Gasteiger partial charge in [0, 0.05) is 12.3 Å². The topological polar surface area (TPSA) is 52.6 Å². The van der Waals surface area contributed by atoms with E-state index in [-0.39, 0.29) is 17.8 Å². The second-order valence-electron chi connectivity index (χ2n) is 3.92. The summed E-state index contributed by atoms with van der Waals surface area (Å²) in [4.78, 5) is 22.8. The van der Waals surface area contributed by atoms with E-state index in [1.807, 2.05) is 6.07 Å². The highest BCUT2D eigenvalue weighted by Gasteiger charge is 2.13. The Kier molecular flexibility index (Phi) is 6.36. The monoisotopic (exact) mass is 284 g/mol. The zero-order chi connectivity index (χ0) is 14.3. The van der Waals surface area contributed by atoms with Gasteiger partial charge in [-0.1, -0.05) is 12.1 Å². The largest absolute Gasteiger partial charge is 0.469 e. The van der Waals surface area contributed by atoms with Crippen LogP contribution in [0.2, 0.25) is 0 Å². The first kappa shape index (κ1) is 15.5. The minimum Gasteiger partial charge on any atom is -0.469 e. The maximum Gasteiger partial charge on any atom is 0.338 e. The van der Waals surface area contributed by atoms with Crippen LogP contribution in [0.25, 0.3) is 0 Å². The third kappa shape index (κ3) is 4.56. The average Bonchev–Trinajstić information content (AvgIpc) is 2.44. The molecule has 0 unspecified atom stereocenters. The van der Waals surface area contributed by atoms with Crippen molar-refractivity contribution in [1.29, 1.82) is 0 Å². The molecule has 0 aliphatic carbocycles.